The quantitative estimate of drug-likeness (QED) is 0.740. The first-order valence-corrected chi connectivity index (χ1v) is 8.63. The maximum absolute atomic E-state index is 11.7. The van der Waals surface area contributed by atoms with E-state index in [2.05, 4.69) is 4.98 Å². The normalized spacial score (nSPS) is 11.4. The molecular formula is C13H10Cl3NO3S. The largest absolute Gasteiger partial charge is 0.437 e. The van der Waals surface area contributed by atoms with Gasteiger partial charge in [0, 0.05) is 18.3 Å². The highest BCUT2D eigenvalue weighted by Gasteiger charge is 2.13. The van der Waals surface area contributed by atoms with Crippen LogP contribution in [0.25, 0.3) is 0 Å². The van der Waals surface area contributed by atoms with Crippen LogP contribution in [-0.4, -0.2) is 19.2 Å². The molecule has 1 heterocycles. The molecule has 0 amide bonds. The van der Waals surface area contributed by atoms with Crippen LogP contribution in [0.15, 0.2) is 35.4 Å². The molecule has 2 aromatic rings. The van der Waals surface area contributed by atoms with E-state index < -0.39 is 9.84 Å². The van der Waals surface area contributed by atoms with Crippen LogP contribution in [-0.2, 0) is 9.84 Å². The van der Waals surface area contributed by atoms with Crippen LogP contribution in [0.4, 0.5) is 0 Å². The van der Waals surface area contributed by atoms with E-state index in [1.54, 1.807) is 6.92 Å². The number of hydrogen-bond acceptors (Lipinski definition) is 4. The summed E-state index contributed by atoms with van der Waals surface area (Å²) in [4.78, 5) is 4.08. The van der Waals surface area contributed by atoms with E-state index in [1.165, 1.54) is 30.5 Å². The summed E-state index contributed by atoms with van der Waals surface area (Å²) in [5.74, 6) is 0.489. The van der Waals surface area contributed by atoms with Crippen LogP contribution < -0.4 is 4.74 Å². The average molecular weight is 367 g/mol. The first kappa shape index (κ1) is 16.4. The summed E-state index contributed by atoms with van der Waals surface area (Å²) in [7, 11) is -3.29. The van der Waals surface area contributed by atoms with E-state index in [0.29, 0.717) is 10.0 Å². The van der Waals surface area contributed by atoms with Gasteiger partial charge in [0.25, 0.3) is 0 Å². The molecule has 0 saturated carbocycles. The molecule has 112 valence electrons. The van der Waals surface area contributed by atoms with Crippen molar-refractivity contribution in [1.82, 2.24) is 4.98 Å². The van der Waals surface area contributed by atoms with Crippen molar-refractivity contribution < 1.29 is 13.2 Å². The number of aromatic nitrogens is 1. The number of benzene rings is 1. The lowest BCUT2D eigenvalue weighted by molar-refractivity contribution is 0.462. The van der Waals surface area contributed by atoms with E-state index in [-0.39, 0.29) is 27.3 Å². The molecule has 2 rings (SSSR count). The number of ether oxygens (including phenoxy) is 1. The molecule has 4 nitrogen and oxygen atoms in total. The average Bonchev–Trinajstić information content (AvgIpc) is 2.45. The predicted octanol–water partition coefficient (Wildman–Crippen LogP) is 4.63. The summed E-state index contributed by atoms with van der Waals surface area (Å²) in [6, 6.07) is 5.79. The fourth-order valence-corrected chi connectivity index (χ4v) is 2.87. The number of halogens is 3. The summed E-state index contributed by atoms with van der Waals surface area (Å²) in [6.45, 7) is 1.56. The van der Waals surface area contributed by atoms with Gasteiger partial charge in [0.05, 0.1) is 25.7 Å². The molecule has 0 aliphatic heterocycles. The number of nitrogens with zero attached hydrogens (tertiary/aromatic N) is 1. The third-order valence-corrected chi connectivity index (χ3v) is 5.38. The van der Waals surface area contributed by atoms with Gasteiger partial charge in [-0.3, -0.25) is 0 Å². The maximum atomic E-state index is 11.7. The van der Waals surface area contributed by atoms with Crippen LogP contribution in [0.3, 0.4) is 0 Å². The molecule has 0 radical (unpaired) electrons. The minimum atomic E-state index is -3.29. The van der Waals surface area contributed by atoms with E-state index in [0.717, 1.165) is 0 Å². The summed E-state index contributed by atoms with van der Waals surface area (Å²) in [5, 5.41) is 0.879. The van der Waals surface area contributed by atoms with Gasteiger partial charge in [-0.05, 0) is 12.1 Å². The van der Waals surface area contributed by atoms with Crippen LogP contribution >= 0.6 is 34.8 Å². The maximum Gasteiger partial charge on any atom is 0.219 e. The minimum absolute atomic E-state index is 0.00744. The Balaban J connectivity index is 2.27. The Kier molecular flexibility index (Phi) is 4.99. The monoisotopic (exact) mass is 365 g/mol. The Morgan fingerprint density at radius 3 is 2.33 bits per heavy atom. The Labute approximate surface area is 137 Å². The van der Waals surface area contributed by atoms with Gasteiger partial charge in [-0.15, -0.1) is 0 Å². The molecule has 0 fully saturated rings. The lowest BCUT2D eigenvalue weighted by Crippen LogP contribution is -2.04. The van der Waals surface area contributed by atoms with Crippen molar-refractivity contribution in [3.63, 3.8) is 0 Å². The van der Waals surface area contributed by atoms with Gasteiger partial charge in [-0.2, -0.15) is 0 Å². The first-order valence-electron chi connectivity index (χ1n) is 5.84. The van der Waals surface area contributed by atoms with Gasteiger partial charge < -0.3 is 4.74 Å². The standard InChI is InChI=1S/C13H10Cl3NO3S/c1-2-21(18,19)8-3-4-13(17-7-8)20-12-6-10(15)9(14)5-11(12)16/h3-7H,2H2,1H3. The predicted molar refractivity (Wildman–Crippen MR) is 83.5 cm³/mol. The van der Waals surface area contributed by atoms with Gasteiger partial charge in [-0.25, -0.2) is 13.4 Å². The van der Waals surface area contributed by atoms with Crippen LogP contribution in [0.1, 0.15) is 6.92 Å². The topological polar surface area (TPSA) is 56.3 Å². The van der Waals surface area contributed by atoms with Crippen LogP contribution in [0.2, 0.25) is 15.1 Å². The lowest BCUT2D eigenvalue weighted by atomic mass is 10.3. The molecule has 1 aromatic carbocycles. The lowest BCUT2D eigenvalue weighted by Gasteiger charge is -2.08. The van der Waals surface area contributed by atoms with Crippen molar-refractivity contribution in [3.8, 4) is 11.6 Å². The Hall–Kier alpha value is -1.01. The molecule has 8 heteroatoms. The molecule has 21 heavy (non-hydrogen) atoms. The van der Waals surface area contributed by atoms with Crippen molar-refractivity contribution in [2.24, 2.45) is 0 Å². The van der Waals surface area contributed by atoms with Gasteiger partial charge in [0.1, 0.15) is 5.75 Å². The molecule has 0 unspecified atom stereocenters. The van der Waals surface area contributed by atoms with Crippen molar-refractivity contribution in [2.45, 2.75) is 11.8 Å². The highest BCUT2D eigenvalue weighted by molar-refractivity contribution is 7.91. The molecule has 0 aliphatic carbocycles. The van der Waals surface area contributed by atoms with E-state index in [4.69, 9.17) is 39.5 Å². The molecule has 0 atom stereocenters. The molecule has 0 saturated heterocycles. The summed E-state index contributed by atoms with van der Waals surface area (Å²) < 4.78 is 28.8. The van der Waals surface area contributed by atoms with E-state index in [9.17, 15) is 8.42 Å². The molecule has 0 bridgehead atoms. The number of rotatable bonds is 4. The second-order valence-electron chi connectivity index (χ2n) is 4.03. The van der Waals surface area contributed by atoms with Crippen molar-refractivity contribution in [2.75, 3.05) is 5.75 Å². The van der Waals surface area contributed by atoms with E-state index >= 15 is 0 Å². The fourth-order valence-electron chi connectivity index (χ4n) is 1.47. The third-order valence-electron chi connectivity index (χ3n) is 2.64. The number of hydrogen-bond donors (Lipinski definition) is 0. The zero-order valence-electron chi connectivity index (χ0n) is 10.8. The molecular weight excluding hydrogens is 357 g/mol. The molecule has 0 spiro atoms. The highest BCUT2D eigenvalue weighted by Crippen LogP contribution is 2.35. The summed E-state index contributed by atoms with van der Waals surface area (Å²) >= 11 is 17.7. The fraction of sp³-hybridized carbons (Fsp3) is 0.154. The smallest absolute Gasteiger partial charge is 0.219 e. The molecule has 0 aliphatic rings. The second-order valence-corrected chi connectivity index (χ2v) is 7.53. The van der Waals surface area contributed by atoms with Gasteiger partial charge >= 0.3 is 0 Å². The minimum Gasteiger partial charge on any atom is -0.437 e. The van der Waals surface area contributed by atoms with Gasteiger partial charge in [0.2, 0.25) is 5.88 Å². The molecule has 0 N–H and O–H groups in total. The Bertz CT molecular complexity index is 761. The second kappa shape index (κ2) is 6.40. The van der Waals surface area contributed by atoms with Crippen molar-refractivity contribution in [3.05, 3.63) is 45.5 Å². The van der Waals surface area contributed by atoms with Crippen molar-refractivity contribution >= 4 is 44.6 Å². The highest BCUT2D eigenvalue weighted by atomic mass is 35.5. The summed E-state index contributed by atoms with van der Waals surface area (Å²) in [6.07, 6.45) is 1.24. The third kappa shape index (κ3) is 3.80. The Morgan fingerprint density at radius 2 is 1.76 bits per heavy atom. The Morgan fingerprint density at radius 1 is 1.10 bits per heavy atom. The van der Waals surface area contributed by atoms with E-state index in [1.807, 2.05) is 0 Å². The van der Waals surface area contributed by atoms with Crippen molar-refractivity contribution in [1.29, 1.82) is 0 Å². The SMILES string of the molecule is CCS(=O)(=O)c1ccc(Oc2cc(Cl)c(Cl)cc2Cl)nc1. The summed E-state index contributed by atoms with van der Waals surface area (Å²) in [5.41, 5.74) is 0. The zero-order chi connectivity index (χ0) is 15.6. The number of pyridine rings is 1. The zero-order valence-corrected chi connectivity index (χ0v) is 13.9. The van der Waals surface area contributed by atoms with Crippen LogP contribution in [0.5, 0.6) is 11.6 Å². The van der Waals surface area contributed by atoms with Crippen LogP contribution in [0, 0.1) is 0 Å². The molecule has 1 aromatic heterocycles. The van der Waals surface area contributed by atoms with Gasteiger partial charge in [-0.1, -0.05) is 41.7 Å². The number of sulfone groups is 1. The van der Waals surface area contributed by atoms with Gasteiger partial charge in [0.15, 0.2) is 9.84 Å². The first-order chi connectivity index (χ1) is 9.83.